The minimum Gasteiger partial charge on any atom is -0.374 e. The molecule has 1 amide bonds. The third kappa shape index (κ3) is 4.50. The van der Waals surface area contributed by atoms with Gasteiger partial charge in [-0.1, -0.05) is 6.08 Å². The number of anilines is 2. The van der Waals surface area contributed by atoms with Crippen LogP contribution in [0.4, 0.5) is 11.5 Å². The summed E-state index contributed by atoms with van der Waals surface area (Å²) < 4.78 is 0. The van der Waals surface area contributed by atoms with Crippen LogP contribution in [0.15, 0.2) is 41.6 Å². The van der Waals surface area contributed by atoms with E-state index in [1.54, 1.807) is 48.8 Å². The van der Waals surface area contributed by atoms with E-state index in [0.29, 0.717) is 36.8 Å². The number of carbonyl (C=O) groups excluding carboxylic acids is 1. The Morgan fingerprint density at radius 2 is 2.19 bits per heavy atom. The van der Waals surface area contributed by atoms with Gasteiger partial charge in [-0.2, -0.15) is 0 Å². The van der Waals surface area contributed by atoms with E-state index in [4.69, 9.17) is 0 Å². The second-order valence-corrected chi connectivity index (χ2v) is 6.22. The van der Waals surface area contributed by atoms with Gasteiger partial charge in [-0.3, -0.25) is 14.6 Å². The van der Waals surface area contributed by atoms with Gasteiger partial charge in [0.05, 0.1) is 24.1 Å². The summed E-state index contributed by atoms with van der Waals surface area (Å²) in [5, 5.41) is 9.09. The van der Waals surface area contributed by atoms with Crippen LogP contribution in [0.25, 0.3) is 11.3 Å². The van der Waals surface area contributed by atoms with E-state index in [-0.39, 0.29) is 17.5 Å². The Morgan fingerprint density at radius 3 is 2.93 bits per heavy atom. The number of aromatic nitrogens is 3. The minimum atomic E-state index is -0.213. The Labute approximate surface area is 156 Å². The van der Waals surface area contributed by atoms with Crippen molar-refractivity contribution in [2.45, 2.75) is 6.04 Å². The Morgan fingerprint density at radius 1 is 1.37 bits per heavy atom. The Balaban J connectivity index is 1.65. The lowest BCUT2D eigenvalue weighted by molar-refractivity contribution is -0.129. The smallest absolute Gasteiger partial charge is 0.271 e. The zero-order chi connectivity index (χ0) is 19.2. The van der Waals surface area contributed by atoms with Crippen LogP contribution < -0.4 is 21.5 Å². The Bertz CT molecular complexity index is 887. The highest BCUT2D eigenvalue weighted by Crippen LogP contribution is 2.20. The van der Waals surface area contributed by atoms with E-state index in [1.165, 1.54) is 0 Å². The highest BCUT2D eigenvalue weighted by atomic mass is 16.2. The summed E-state index contributed by atoms with van der Waals surface area (Å²) in [5.74, 6) is 0.623. The molecule has 142 valence electrons. The van der Waals surface area contributed by atoms with Crippen molar-refractivity contribution in [1.82, 2.24) is 25.2 Å². The zero-order valence-electron chi connectivity index (χ0n) is 15.3. The van der Waals surface area contributed by atoms with Crippen LogP contribution in [0.5, 0.6) is 0 Å². The average molecular weight is 369 g/mol. The van der Waals surface area contributed by atoms with Crippen LogP contribution >= 0.6 is 0 Å². The molecular formula is C18H23N7O2. The molecule has 2 aromatic heterocycles. The molecule has 3 heterocycles. The van der Waals surface area contributed by atoms with Crippen molar-refractivity contribution >= 4 is 17.4 Å². The number of hydrogen-bond donors (Lipinski definition) is 4. The van der Waals surface area contributed by atoms with Crippen LogP contribution in [-0.2, 0) is 4.79 Å². The van der Waals surface area contributed by atoms with Gasteiger partial charge in [0.2, 0.25) is 5.91 Å². The number of pyridine rings is 1. The van der Waals surface area contributed by atoms with E-state index in [2.05, 4.69) is 30.9 Å². The third-order valence-corrected chi connectivity index (χ3v) is 4.22. The van der Waals surface area contributed by atoms with E-state index in [9.17, 15) is 9.59 Å². The number of aromatic amines is 1. The molecule has 2 aromatic rings. The summed E-state index contributed by atoms with van der Waals surface area (Å²) in [6.07, 6.45) is 8.23. The normalized spacial score (nSPS) is 14.2. The van der Waals surface area contributed by atoms with Crippen molar-refractivity contribution in [3.05, 3.63) is 47.2 Å². The molecule has 0 aliphatic carbocycles. The van der Waals surface area contributed by atoms with Crippen molar-refractivity contribution in [1.29, 1.82) is 0 Å². The number of amides is 1. The van der Waals surface area contributed by atoms with Gasteiger partial charge in [0.25, 0.3) is 5.56 Å². The molecule has 1 saturated heterocycles. The quantitative estimate of drug-likeness (QED) is 0.518. The highest BCUT2D eigenvalue weighted by Gasteiger charge is 2.29. The van der Waals surface area contributed by atoms with Crippen molar-refractivity contribution in [2.24, 2.45) is 0 Å². The molecule has 0 unspecified atom stereocenters. The molecule has 0 saturated carbocycles. The number of H-pyrrole nitrogens is 1. The first kappa shape index (κ1) is 18.6. The minimum absolute atomic E-state index is 0.0230. The first-order valence-electron chi connectivity index (χ1n) is 8.70. The molecule has 1 aliphatic heterocycles. The van der Waals surface area contributed by atoms with Gasteiger partial charge in [0.1, 0.15) is 11.5 Å². The highest BCUT2D eigenvalue weighted by molar-refractivity contribution is 5.88. The first-order valence-corrected chi connectivity index (χ1v) is 8.70. The molecule has 0 atom stereocenters. The number of hydrogen-bond acceptors (Lipinski definition) is 7. The summed E-state index contributed by atoms with van der Waals surface area (Å²) in [6, 6.07) is 1.79. The van der Waals surface area contributed by atoms with E-state index in [1.807, 2.05) is 7.05 Å². The number of rotatable bonds is 7. The second-order valence-electron chi connectivity index (χ2n) is 6.22. The number of likely N-dealkylation sites (N-methyl/N-ethyl adjacent to an activating group) is 1. The van der Waals surface area contributed by atoms with Gasteiger partial charge < -0.3 is 25.8 Å². The van der Waals surface area contributed by atoms with Gasteiger partial charge in [-0.25, -0.2) is 4.98 Å². The number of nitrogens with one attached hydrogen (secondary N) is 4. The number of carbonyl (C=O) groups is 1. The SMILES string of the molecule is CNCC=CC(=O)N1CC(Nc2cc(-c3cncc(NC)n3)c[nH]c2=O)C1. The van der Waals surface area contributed by atoms with E-state index >= 15 is 0 Å². The van der Waals surface area contributed by atoms with Gasteiger partial charge in [-0.05, 0) is 13.1 Å². The standard InChI is InChI=1S/C18H23N7O2/c1-19-5-3-4-17(26)25-10-13(11-25)23-14-6-12(7-22-18(14)27)15-8-21-9-16(20-2)24-15/h3-4,6-9,13,19,23H,5,10-11H2,1-2H3,(H,20,24)(H,22,27). The third-order valence-electron chi connectivity index (χ3n) is 4.22. The summed E-state index contributed by atoms with van der Waals surface area (Å²) in [6.45, 7) is 1.77. The molecule has 0 aromatic carbocycles. The molecular weight excluding hydrogens is 346 g/mol. The molecule has 3 rings (SSSR count). The maximum atomic E-state index is 12.1. The summed E-state index contributed by atoms with van der Waals surface area (Å²) >= 11 is 0. The molecule has 9 nitrogen and oxygen atoms in total. The topological polar surface area (TPSA) is 115 Å². The van der Waals surface area contributed by atoms with Crippen LogP contribution in [0.2, 0.25) is 0 Å². The maximum Gasteiger partial charge on any atom is 0.271 e. The van der Waals surface area contributed by atoms with E-state index in [0.717, 1.165) is 5.56 Å². The Kier molecular flexibility index (Phi) is 5.82. The van der Waals surface area contributed by atoms with E-state index < -0.39 is 0 Å². The van der Waals surface area contributed by atoms with Crippen molar-refractivity contribution < 1.29 is 4.79 Å². The lowest BCUT2D eigenvalue weighted by Crippen LogP contribution is -2.57. The Hall–Kier alpha value is -3.20. The van der Waals surface area contributed by atoms with Crippen molar-refractivity contribution in [3.8, 4) is 11.3 Å². The predicted octanol–water partition coefficient (Wildman–Crippen LogP) is 0.272. The summed E-state index contributed by atoms with van der Waals surface area (Å²) in [5.41, 5.74) is 1.65. The van der Waals surface area contributed by atoms with Gasteiger partial charge >= 0.3 is 0 Å². The van der Waals surface area contributed by atoms with Gasteiger partial charge in [-0.15, -0.1) is 0 Å². The maximum absolute atomic E-state index is 12.1. The monoisotopic (exact) mass is 369 g/mol. The first-order chi connectivity index (χ1) is 13.1. The summed E-state index contributed by atoms with van der Waals surface area (Å²) in [7, 11) is 3.59. The number of nitrogens with zero attached hydrogens (tertiary/aromatic N) is 3. The second kappa shape index (κ2) is 8.45. The molecule has 9 heteroatoms. The summed E-state index contributed by atoms with van der Waals surface area (Å²) in [4.78, 5) is 37.1. The van der Waals surface area contributed by atoms with Crippen LogP contribution in [0.1, 0.15) is 0 Å². The van der Waals surface area contributed by atoms with Gasteiger partial charge in [0, 0.05) is 44.5 Å². The number of likely N-dealkylation sites (tertiary alicyclic amines) is 1. The lowest BCUT2D eigenvalue weighted by Gasteiger charge is -2.39. The molecule has 1 aliphatic rings. The zero-order valence-corrected chi connectivity index (χ0v) is 15.3. The van der Waals surface area contributed by atoms with Crippen LogP contribution in [0.3, 0.4) is 0 Å². The lowest BCUT2D eigenvalue weighted by atomic mass is 10.1. The molecule has 0 spiro atoms. The fraction of sp³-hybridized carbons (Fsp3) is 0.333. The molecule has 27 heavy (non-hydrogen) atoms. The van der Waals surface area contributed by atoms with Crippen LogP contribution in [0, 0.1) is 0 Å². The van der Waals surface area contributed by atoms with Crippen LogP contribution in [-0.4, -0.2) is 65.5 Å². The largest absolute Gasteiger partial charge is 0.374 e. The predicted molar refractivity (Wildman–Crippen MR) is 105 cm³/mol. The van der Waals surface area contributed by atoms with Crippen molar-refractivity contribution in [3.63, 3.8) is 0 Å². The molecule has 0 radical (unpaired) electrons. The fourth-order valence-corrected chi connectivity index (χ4v) is 2.72. The fourth-order valence-electron chi connectivity index (χ4n) is 2.72. The molecule has 4 N–H and O–H groups in total. The average Bonchev–Trinajstić information content (AvgIpc) is 2.65. The molecule has 1 fully saturated rings. The molecule has 0 bridgehead atoms. The van der Waals surface area contributed by atoms with Crippen molar-refractivity contribution in [2.75, 3.05) is 44.4 Å². The van der Waals surface area contributed by atoms with Gasteiger partial charge in [0.15, 0.2) is 0 Å².